The number of nitrogens with one attached hydrogen (secondary N) is 1. The summed E-state index contributed by atoms with van der Waals surface area (Å²) in [7, 11) is 1.66. The van der Waals surface area contributed by atoms with Gasteiger partial charge in [-0.15, -0.1) is 0 Å². The fourth-order valence-corrected chi connectivity index (χ4v) is 2.57. The number of allylic oxidation sites excluding steroid dienone is 2. The molecule has 0 atom stereocenters. The van der Waals surface area contributed by atoms with E-state index in [-0.39, 0.29) is 0 Å². The zero-order chi connectivity index (χ0) is 20.4. The van der Waals surface area contributed by atoms with Gasteiger partial charge in [0.25, 0.3) is 0 Å². The number of hydrazone groups is 1. The number of aliphatic imine (C=N–C) groups is 2. The Hall–Kier alpha value is -3.47. The van der Waals surface area contributed by atoms with Crippen molar-refractivity contribution in [2.45, 2.75) is 20.8 Å². The Bertz CT molecular complexity index is 925. The zero-order valence-corrected chi connectivity index (χ0v) is 16.8. The summed E-state index contributed by atoms with van der Waals surface area (Å²) in [6.07, 6.45) is 5.07. The lowest BCUT2D eigenvalue weighted by molar-refractivity contribution is 0.411. The third-order valence-corrected chi connectivity index (χ3v) is 4.04. The fraction of sp³-hybridized carbons (Fsp3) is 0.174. The maximum atomic E-state index is 5.28. The van der Waals surface area contributed by atoms with Gasteiger partial charge in [0.2, 0.25) is 0 Å². The van der Waals surface area contributed by atoms with Crippen molar-refractivity contribution in [3.05, 3.63) is 83.7 Å². The quantitative estimate of drug-likeness (QED) is 0.509. The van der Waals surface area contributed by atoms with Crippen LogP contribution >= 0.6 is 0 Å². The van der Waals surface area contributed by atoms with E-state index in [0.29, 0.717) is 0 Å². The molecule has 0 saturated carbocycles. The first-order valence-electron chi connectivity index (χ1n) is 8.94. The van der Waals surface area contributed by atoms with Crippen LogP contribution in [-0.2, 0) is 0 Å². The number of aryl methyl sites for hydroxylation is 1. The van der Waals surface area contributed by atoms with Gasteiger partial charge in [0, 0.05) is 29.4 Å². The van der Waals surface area contributed by atoms with Crippen molar-refractivity contribution in [3.8, 4) is 5.75 Å². The van der Waals surface area contributed by atoms with Crippen LogP contribution in [0.2, 0.25) is 0 Å². The highest BCUT2D eigenvalue weighted by molar-refractivity contribution is 6.16. The number of hydrogen-bond acceptors (Lipinski definition) is 5. The molecule has 28 heavy (non-hydrogen) atoms. The average molecular weight is 374 g/mol. The fourth-order valence-electron chi connectivity index (χ4n) is 2.57. The number of nitrogens with zero attached hydrogens (tertiary/aromatic N) is 3. The Balaban J connectivity index is 2.22. The van der Waals surface area contributed by atoms with Crippen LogP contribution in [0.25, 0.3) is 0 Å². The highest BCUT2D eigenvalue weighted by atomic mass is 16.5. The topological polar surface area (TPSA) is 58.3 Å². The molecule has 5 nitrogen and oxygen atoms in total. The minimum Gasteiger partial charge on any atom is -0.496 e. The van der Waals surface area contributed by atoms with Crippen LogP contribution in [0, 0.1) is 6.92 Å². The van der Waals surface area contributed by atoms with E-state index in [1.165, 1.54) is 6.20 Å². The first-order valence-corrected chi connectivity index (χ1v) is 8.94. The van der Waals surface area contributed by atoms with Crippen molar-refractivity contribution in [2.75, 3.05) is 7.11 Å². The van der Waals surface area contributed by atoms with Gasteiger partial charge < -0.3 is 4.74 Å². The molecule has 2 aromatic rings. The molecule has 2 aromatic carbocycles. The predicted molar refractivity (Wildman–Crippen MR) is 119 cm³/mol. The molecule has 0 aliphatic carbocycles. The lowest BCUT2D eigenvalue weighted by atomic mass is 10.1. The van der Waals surface area contributed by atoms with Gasteiger partial charge >= 0.3 is 0 Å². The van der Waals surface area contributed by atoms with Crippen LogP contribution < -0.4 is 10.2 Å². The van der Waals surface area contributed by atoms with E-state index < -0.39 is 0 Å². The van der Waals surface area contributed by atoms with Crippen LogP contribution in [-0.4, -0.2) is 25.3 Å². The van der Waals surface area contributed by atoms with Crippen molar-refractivity contribution in [1.29, 1.82) is 0 Å². The second-order valence-electron chi connectivity index (χ2n) is 6.13. The lowest BCUT2D eigenvalue weighted by Gasteiger charge is -2.08. The van der Waals surface area contributed by atoms with E-state index >= 15 is 0 Å². The number of para-hydroxylation sites is 1. The monoisotopic (exact) mass is 374 g/mol. The number of benzene rings is 2. The zero-order valence-electron chi connectivity index (χ0n) is 16.8. The van der Waals surface area contributed by atoms with Crippen LogP contribution in [0.5, 0.6) is 5.75 Å². The second kappa shape index (κ2) is 10.6. The smallest absolute Gasteiger partial charge is 0.121 e. The Morgan fingerprint density at radius 2 is 1.86 bits per heavy atom. The van der Waals surface area contributed by atoms with Crippen molar-refractivity contribution in [3.63, 3.8) is 0 Å². The minimum atomic E-state index is 0.801. The highest BCUT2D eigenvalue weighted by Crippen LogP contribution is 2.17. The number of hydrogen-bond donors (Lipinski definition) is 1. The Kier molecular flexibility index (Phi) is 7.91. The predicted octanol–water partition coefficient (Wildman–Crippen LogP) is 5.21. The SMILES string of the molecule is C=CN=C(C)/C(C=Nc1ccccc1)=C(\C)N/N=C/c1ccc(OC)c(C)c1. The van der Waals surface area contributed by atoms with Gasteiger partial charge in [0.15, 0.2) is 0 Å². The molecule has 0 amide bonds. The second-order valence-corrected chi connectivity index (χ2v) is 6.13. The van der Waals surface area contributed by atoms with E-state index in [4.69, 9.17) is 4.74 Å². The van der Waals surface area contributed by atoms with E-state index in [1.54, 1.807) is 19.5 Å². The van der Waals surface area contributed by atoms with Crippen LogP contribution in [0.4, 0.5) is 5.69 Å². The van der Waals surface area contributed by atoms with E-state index in [9.17, 15) is 0 Å². The summed E-state index contributed by atoms with van der Waals surface area (Å²) < 4.78 is 5.28. The molecule has 0 aliphatic rings. The van der Waals surface area contributed by atoms with Crippen LogP contribution in [0.1, 0.15) is 25.0 Å². The van der Waals surface area contributed by atoms with Crippen LogP contribution in [0.15, 0.2) is 87.7 Å². The van der Waals surface area contributed by atoms with Crippen molar-refractivity contribution in [1.82, 2.24) is 5.43 Å². The summed E-state index contributed by atoms with van der Waals surface area (Å²) in [5.41, 5.74) is 8.47. The summed E-state index contributed by atoms with van der Waals surface area (Å²) >= 11 is 0. The third-order valence-electron chi connectivity index (χ3n) is 4.04. The van der Waals surface area contributed by atoms with E-state index in [1.807, 2.05) is 69.3 Å². The van der Waals surface area contributed by atoms with E-state index in [2.05, 4.69) is 27.1 Å². The maximum Gasteiger partial charge on any atom is 0.121 e. The van der Waals surface area contributed by atoms with Crippen molar-refractivity contribution < 1.29 is 4.74 Å². The third kappa shape index (κ3) is 6.06. The summed E-state index contributed by atoms with van der Waals surface area (Å²) in [6.45, 7) is 9.52. The van der Waals surface area contributed by atoms with E-state index in [0.717, 1.165) is 39.5 Å². The summed E-state index contributed by atoms with van der Waals surface area (Å²) in [4.78, 5) is 8.81. The molecule has 0 fully saturated rings. The molecule has 0 spiro atoms. The molecular formula is C23H26N4O. The molecule has 0 radical (unpaired) electrons. The average Bonchev–Trinajstić information content (AvgIpc) is 2.69. The number of ether oxygens (including phenoxy) is 1. The Morgan fingerprint density at radius 3 is 2.50 bits per heavy atom. The first kappa shape index (κ1) is 20.8. The van der Waals surface area contributed by atoms with Gasteiger partial charge in [-0.25, -0.2) is 0 Å². The summed E-state index contributed by atoms with van der Waals surface area (Å²) in [5, 5.41) is 4.34. The molecule has 0 unspecified atom stereocenters. The molecule has 0 bridgehead atoms. The van der Waals surface area contributed by atoms with Crippen LogP contribution in [0.3, 0.4) is 0 Å². The molecule has 144 valence electrons. The molecule has 2 rings (SSSR count). The van der Waals surface area contributed by atoms with Gasteiger partial charge in [-0.1, -0.05) is 24.8 Å². The van der Waals surface area contributed by atoms with Crippen molar-refractivity contribution in [2.24, 2.45) is 15.1 Å². The first-order chi connectivity index (χ1) is 13.5. The number of rotatable bonds is 8. The Labute approximate surface area is 166 Å². The maximum absolute atomic E-state index is 5.28. The summed E-state index contributed by atoms with van der Waals surface area (Å²) in [6, 6.07) is 15.7. The molecule has 0 heterocycles. The van der Waals surface area contributed by atoms with Crippen molar-refractivity contribution >= 4 is 23.8 Å². The van der Waals surface area contributed by atoms with Gasteiger partial charge in [-0.3, -0.25) is 15.4 Å². The van der Waals surface area contributed by atoms with Gasteiger partial charge in [0.05, 0.1) is 19.0 Å². The van der Waals surface area contributed by atoms with Gasteiger partial charge in [-0.2, -0.15) is 5.10 Å². The highest BCUT2D eigenvalue weighted by Gasteiger charge is 2.04. The minimum absolute atomic E-state index is 0.801. The normalized spacial score (nSPS) is 12.9. The molecule has 1 N–H and O–H groups in total. The standard InChI is InChI=1S/C23H26N4O/c1-6-24-18(3)22(16-25-21-10-8-7-9-11-21)19(4)27-26-15-20-12-13-23(28-5)17(2)14-20/h6-16,27H,1H2,2-5H3/b22-19+,24-18?,25-16?,26-15+. The molecule has 5 heteroatoms. The molecule has 0 saturated heterocycles. The summed E-state index contributed by atoms with van der Waals surface area (Å²) in [5.74, 6) is 0.858. The molecular weight excluding hydrogens is 348 g/mol. The molecule has 0 aromatic heterocycles. The van der Waals surface area contributed by atoms with Gasteiger partial charge in [-0.05, 0) is 62.2 Å². The largest absolute Gasteiger partial charge is 0.496 e. The van der Waals surface area contributed by atoms with Gasteiger partial charge in [0.1, 0.15) is 5.75 Å². The molecule has 0 aliphatic heterocycles. The Morgan fingerprint density at radius 1 is 1.11 bits per heavy atom. The lowest BCUT2D eigenvalue weighted by Crippen LogP contribution is -2.11. The number of methoxy groups -OCH3 is 1.